The summed E-state index contributed by atoms with van der Waals surface area (Å²) in [6, 6.07) is 1.66. The van der Waals surface area contributed by atoms with E-state index in [4.69, 9.17) is 4.42 Å². The molecule has 1 aliphatic carbocycles. The molecule has 2 N–H and O–H groups in total. The number of hydrogen-bond donors (Lipinski definition) is 2. The van der Waals surface area contributed by atoms with Crippen LogP contribution in [-0.2, 0) is 0 Å². The van der Waals surface area contributed by atoms with Crippen molar-refractivity contribution in [1.82, 2.24) is 30.1 Å². The van der Waals surface area contributed by atoms with E-state index in [0.717, 1.165) is 44.5 Å². The number of H-pyrrole nitrogens is 1. The number of fused-ring (bicyclic) bond motifs is 1. The molecule has 0 spiro atoms. The summed E-state index contributed by atoms with van der Waals surface area (Å²) >= 11 is 0. The molecular formula is C17H21ClN6O2. The number of halogens is 1. The van der Waals surface area contributed by atoms with Crippen LogP contribution in [0.15, 0.2) is 21.5 Å². The predicted octanol–water partition coefficient (Wildman–Crippen LogP) is 2.23. The number of piperidine rings is 1. The SMILES string of the molecule is Cl.O=c1cc(C2CCNCC2)n2ncc(-c3nnc(C4CCC4)o3)c2[nH]1. The van der Waals surface area contributed by atoms with Crippen molar-refractivity contribution in [3.63, 3.8) is 0 Å². The largest absolute Gasteiger partial charge is 0.420 e. The highest BCUT2D eigenvalue weighted by Crippen LogP contribution is 2.37. The number of nitrogens with zero attached hydrogens (tertiary/aromatic N) is 4. The van der Waals surface area contributed by atoms with Crippen molar-refractivity contribution in [3.8, 4) is 11.5 Å². The minimum Gasteiger partial charge on any atom is -0.420 e. The van der Waals surface area contributed by atoms with E-state index in [1.807, 2.05) is 4.52 Å². The summed E-state index contributed by atoms with van der Waals surface area (Å²) in [5.41, 5.74) is 2.14. The van der Waals surface area contributed by atoms with Gasteiger partial charge in [0.05, 0.1) is 11.9 Å². The average Bonchev–Trinajstić information content (AvgIpc) is 3.20. The first-order valence-corrected chi connectivity index (χ1v) is 8.95. The molecule has 8 nitrogen and oxygen atoms in total. The topological polar surface area (TPSA) is 101 Å². The third-order valence-corrected chi connectivity index (χ3v) is 5.42. The fourth-order valence-corrected chi connectivity index (χ4v) is 3.74. The lowest BCUT2D eigenvalue weighted by atomic mass is 9.85. The summed E-state index contributed by atoms with van der Waals surface area (Å²) in [6.45, 7) is 1.92. The molecule has 2 fully saturated rings. The molecule has 9 heteroatoms. The van der Waals surface area contributed by atoms with Gasteiger partial charge in [0, 0.05) is 17.9 Å². The second-order valence-corrected chi connectivity index (χ2v) is 6.97. The van der Waals surface area contributed by atoms with E-state index in [-0.39, 0.29) is 18.0 Å². The Labute approximate surface area is 155 Å². The molecule has 3 aromatic rings. The second kappa shape index (κ2) is 6.85. The average molecular weight is 377 g/mol. The van der Waals surface area contributed by atoms with E-state index in [2.05, 4.69) is 25.6 Å². The lowest BCUT2D eigenvalue weighted by molar-refractivity contribution is 0.338. The fourth-order valence-electron chi connectivity index (χ4n) is 3.74. The predicted molar refractivity (Wildman–Crippen MR) is 97.8 cm³/mol. The van der Waals surface area contributed by atoms with Crippen LogP contribution < -0.4 is 10.9 Å². The van der Waals surface area contributed by atoms with Crippen molar-refractivity contribution in [2.75, 3.05) is 13.1 Å². The highest BCUT2D eigenvalue weighted by Gasteiger charge is 2.27. The lowest BCUT2D eigenvalue weighted by Gasteiger charge is -2.23. The van der Waals surface area contributed by atoms with Gasteiger partial charge in [0.15, 0.2) is 0 Å². The molecule has 0 amide bonds. The van der Waals surface area contributed by atoms with Gasteiger partial charge in [-0.2, -0.15) is 5.10 Å². The third kappa shape index (κ3) is 2.83. The summed E-state index contributed by atoms with van der Waals surface area (Å²) in [6.07, 6.45) is 7.13. The molecule has 0 bridgehead atoms. The van der Waals surface area contributed by atoms with E-state index < -0.39 is 0 Å². The Bertz CT molecular complexity index is 967. The number of aromatic amines is 1. The van der Waals surface area contributed by atoms with Gasteiger partial charge in [0.2, 0.25) is 5.89 Å². The van der Waals surface area contributed by atoms with Crippen molar-refractivity contribution >= 4 is 18.1 Å². The van der Waals surface area contributed by atoms with Gasteiger partial charge < -0.3 is 14.7 Å². The van der Waals surface area contributed by atoms with E-state index in [9.17, 15) is 4.79 Å². The van der Waals surface area contributed by atoms with E-state index in [0.29, 0.717) is 34.8 Å². The summed E-state index contributed by atoms with van der Waals surface area (Å²) in [7, 11) is 0. The Balaban J connectivity index is 0.00000168. The van der Waals surface area contributed by atoms with Gasteiger partial charge in [0.25, 0.3) is 11.4 Å². The first kappa shape index (κ1) is 17.2. The second-order valence-electron chi connectivity index (χ2n) is 6.97. The van der Waals surface area contributed by atoms with Crippen LogP contribution in [0.4, 0.5) is 0 Å². The molecule has 1 saturated carbocycles. The van der Waals surface area contributed by atoms with Crippen LogP contribution in [0.1, 0.15) is 55.5 Å². The summed E-state index contributed by atoms with van der Waals surface area (Å²) in [5, 5.41) is 16.2. The zero-order valence-corrected chi connectivity index (χ0v) is 15.1. The first-order valence-electron chi connectivity index (χ1n) is 8.95. The number of rotatable bonds is 3. The highest BCUT2D eigenvalue weighted by atomic mass is 35.5. The van der Waals surface area contributed by atoms with Gasteiger partial charge in [-0.25, -0.2) is 4.52 Å². The molecule has 0 unspecified atom stereocenters. The molecule has 1 saturated heterocycles. The Kier molecular flexibility index (Phi) is 4.54. The van der Waals surface area contributed by atoms with Gasteiger partial charge in [-0.05, 0) is 38.8 Å². The maximum atomic E-state index is 12.2. The molecular weight excluding hydrogens is 356 g/mol. The quantitative estimate of drug-likeness (QED) is 0.726. The molecule has 1 aliphatic heterocycles. The van der Waals surface area contributed by atoms with Crippen LogP contribution in [0.2, 0.25) is 0 Å². The smallest absolute Gasteiger partial charge is 0.253 e. The Morgan fingerprint density at radius 3 is 2.65 bits per heavy atom. The van der Waals surface area contributed by atoms with E-state index in [1.165, 1.54) is 6.42 Å². The molecule has 3 aromatic heterocycles. The maximum Gasteiger partial charge on any atom is 0.253 e. The Hall–Kier alpha value is -2.19. The maximum absolute atomic E-state index is 12.2. The van der Waals surface area contributed by atoms with Gasteiger partial charge in [-0.15, -0.1) is 22.6 Å². The fraction of sp³-hybridized carbons (Fsp3) is 0.529. The first-order chi connectivity index (χ1) is 12.3. The lowest BCUT2D eigenvalue weighted by Crippen LogP contribution is -2.28. The van der Waals surface area contributed by atoms with Crippen LogP contribution in [0.3, 0.4) is 0 Å². The van der Waals surface area contributed by atoms with Gasteiger partial charge in [-0.1, -0.05) is 6.42 Å². The molecule has 2 aliphatic rings. The zero-order valence-electron chi connectivity index (χ0n) is 14.3. The molecule has 138 valence electrons. The van der Waals surface area contributed by atoms with Crippen molar-refractivity contribution in [2.24, 2.45) is 0 Å². The molecule has 0 atom stereocenters. The van der Waals surface area contributed by atoms with Gasteiger partial charge in [0.1, 0.15) is 11.2 Å². The van der Waals surface area contributed by atoms with Crippen molar-refractivity contribution in [2.45, 2.75) is 43.9 Å². The highest BCUT2D eigenvalue weighted by molar-refractivity contribution is 5.85. The normalized spacial score (nSPS) is 18.6. The van der Waals surface area contributed by atoms with Crippen LogP contribution >= 0.6 is 12.4 Å². The molecule has 0 radical (unpaired) electrons. The summed E-state index contributed by atoms with van der Waals surface area (Å²) in [4.78, 5) is 15.1. The number of nitrogens with one attached hydrogen (secondary N) is 2. The third-order valence-electron chi connectivity index (χ3n) is 5.42. The molecule has 4 heterocycles. The Morgan fingerprint density at radius 2 is 1.92 bits per heavy atom. The van der Waals surface area contributed by atoms with Crippen LogP contribution in [0.5, 0.6) is 0 Å². The number of hydrogen-bond acceptors (Lipinski definition) is 6. The van der Waals surface area contributed by atoms with Crippen LogP contribution in [0.25, 0.3) is 17.1 Å². The van der Waals surface area contributed by atoms with Crippen molar-refractivity contribution in [1.29, 1.82) is 0 Å². The standard InChI is InChI=1S/C17H20N6O2.ClH/c24-14-8-13(10-4-6-18-7-5-10)23-15(20-14)12(9-19-23)17-22-21-16(25-17)11-2-1-3-11;/h8-11,18H,1-7H2,(H,20,24);1H. The van der Waals surface area contributed by atoms with Gasteiger partial charge in [-0.3, -0.25) is 4.79 Å². The van der Waals surface area contributed by atoms with Crippen LogP contribution in [-0.4, -0.2) is 37.9 Å². The molecule has 5 rings (SSSR count). The van der Waals surface area contributed by atoms with E-state index >= 15 is 0 Å². The minimum atomic E-state index is -0.124. The zero-order chi connectivity index (χ0) is 16.8. The summed E-state index contributed by atoms with van der Waals surface area (Å²) in [5.74, 6) is 1.83. The summed E-state index contributed by atoms with van der Waals surface area (Å²) < 4.78 is 7.68. The van der Waals surface area contributed by atoms with Crippen molar-refractivity contribution < 1.29 is 4.42 Å². The Morgan fingerprint density at radius 1 is 1.12 bits per heavy atom. The minimum absolute atomic E-state index is 0. The molecule has 26 heavy (non-hydrogen) atoms. The molecule has 0 aromatic carbocycles. The monoisotopic (exact) mass is 376 g/mol. The van der Waals surface area contributed by atoms with Crippen LogP contribution in [0, 0.1) is 0 Å². The number of aromatic nitrogens is 5. The van der Waals surface area contributed by atoms with Crippen molar-refractivity contribution in [3.05, 3.63) is 34.2 Å². The van der Waals surface area contributed by atoms with Gasteiger partial charge >= 0.3 is 0 Å². The van der Waals surface area contributed by atoms with E-state index in [1.54, 1.807) is 12.3 Å².